The summed E-state index contributed by atoms with van der Waals surface area (Å²) in [6.45, 7) is 3.75. The van der Waals surface area contributed by atoms with Gasteiger partial charge in [0.15, 0.2) is 6.10 Å². The van der Waals surface area contributed by atoms with Gasteiger partial charge in [0.05, 0.1) is 11.2 Å². The van der Waals surface area contributed by atoms with Gasteiger partial charge in [-0.15, -0.1) is 0 Å². The molecule has 1 amide bonds. The van der Waals surface area contributed by atoms with Gasteiger partial charge in [-0.2, -0.15) is 0 Å². The Morgan fingerprint density at radius 1 is 1.19 bits per heavy atom. The minimum atomic E-state index is -0.819. The monoisotopic (exact) mass is 366 g/mol. The lowest BCUT2D eigenvalue weighted by Gasteiger charge is -2.30. The number of pyridine rings is 1. The van der Waals surface area contributed by atoms with Crippen molar-refractivity contribution in [1.29, 1.82) is 0 Å². The van der Waals surface area contributed by atoms with Crippen LogP contribution in [0.25, 0.3) is 17.0 Å². The van der Waals surface area contributed by atoms with Crippen LogP contribution in [0.3, 0.4) is 0 Å². The highest BCUT2D eigenvalue weighted by Gasteiger charge is 2.25. The predicted octanol–water partition coefficient (Wildman–Crippen LogP) is 3.87. The first-order chi connectivity index (χ1) is 13.0. The minimum absolute atomic E-state index is 0.171. The number of amides is 1. The highest BCUT2D eigenvalue weighted by Crippen LogP contribution is 2.23. The molecular formula is C22H26N2O3. The van der Waals surface area contributed by atoms with Crippen LogP contribution in [0.2, 0.25) is 0 Å². The second-order valence-corrected chi connectivity index (χ2v) is 7.22. The Labute approximate surface area is 159 Å². The van der Waals surface area contributed by atoms with E-state index >= 15 is 0 Å². The van der Waals surface area contributed by atoms with Crippen molar-refractivity contribution >= 4 is 28.9 Å². The molecule has 142 valence electrons. The summed E-state index contributed by atoms with van der Waals surface area (Å²) in [5.41, 5.74) is 1.53. The first-order valence-electron chi connectivity index (χ1n) is 9.58. The van der Waals surface area contributed by atoms with Crippen LogP contribution in [0.15, 0.2) is 42.5 Å². The van der Waals surface area contributed by atoms with Crippen LogP contribution in [0.1, 0.15) is 45.2 Å². The van der Waals surface area contributed by atoms with Crippen molar-refractivity contribution in [2.75, 3.05) is 0 Å². The number of aromatic nitrogens is 1. The fourth-order valence-corrected chi connectivity index (χ4v) is 3.43. The zero-order valence-corrected chi connectivity index (χ0v) is 15.9. The molecule has 2 aromatic rings. The number of carbonyl (C=O) groups is 2. The van der Waals surface area contributed by atoms with Crippen LogP contribution < -0.4 is 5.32 Å². The zero-order valence-electron chi connectivity index (χ0n) is 15.9. The minimum Gasteiger partial charge on any atom is -0.449 e. The number of esters is 1. The number of fused-ring (bicyclic) bond motifs is 1. The van der Waals surface area contributed by atoms with Gasteiger partial charge >= 0.3 is 5.97 Å². The second-order valence-electron chi connectivity index (χ2n) is 7.22. The van der Waals surface area contributed by atoms with Gasteiger partial charge in [-0.3, -0.25) is 4.79 Å². The molecule has 1 saturated carbocycles. The van der Waals surface area contributed by atoms with Crippen molar-refractivity contribution in [2.24, 2.45) is 5.92 Å². The number of benzene rings is 1. The summed E-state index contributed by atoms with van der Waals surface area (Å²) in [5.74, 6) is -0.326. The highest BCUT2D eigenvalue weighted by molar-refractivity contribution is 5.90. The molecule has 0 unspecified atom stereocenters. The number of nitrogens with one attached hydrogen (secondary N) is 1. The maximum atomic E-state index is 12.3. The molecule has 0 aliphatic heterocycles. The number of hydrogen-bond acceptors (Lipinski definition) is 4. The molecule has 1 heterocycles. The molecule has 5 heteroatoms. The molecule has 27 heavy (non-hydrogen) atoms. The Kier molecular flexibility index (Phi) is 6.22. The van der Waals surface area contributed by atoms with Crippen LogP contribution in [-0.2, 0) is 14.3 Å². The fraction of sp³-hybridized carbons (Fsp3) is 0.409. The van der Waals surface area contributed by atoms with Crippen LogP contribution >= 0.6 is 0 Å². The summed E-state index contributed by atoms with van der Waals surface area (Å²) in [6, 6.07) is 11.7. The van der Waals surface area contributed by atoms with Crippen LogP contribution in [0, 0.1) is 5.92 Å². The van der Waals surface area contributed by atoms with E-state index in [-0.39, 0.29) is 11.9 Å². The molecule has 1 aromatic carbocycles. The van der Waals surface area contributed by atoms with E-state index in [0.717, 1.165) is 30.2 Å². The van der Waals surface area contributed by atoms with Crippen molar-refractivity contribution in [2.45, 2.75) is 51.7 Å². The van der Waals surface area contributed by atoms with Crippen LogP contribution in [0.4, 0.5) is 0 Å². The topological polar surface area (TPSA) is 68.3 Å². The molecule has 3 atom stereocenters. The number of carbonyl (C=O) groups excluding carboxylic acids is 2. The van der Waals surface area contributed by atoms with Gasteiger partial charge in [-0.05, 0) is 43.9 Å². The Morgan fingerprint density at radius 2 is 1.96 bits per heavy atom. The Bertz CT molecular complexity index is 846. The van der Waals surface area contributed by atoms with E-state index in [9.17, 15) is 9.59 Å². The van der Waals surface area contributed by atoms with Crippen molar-refractivity contribution < 1.29 is 14.3 Å². The summed E-state index contributed by atoms with van der Waals surface area (Å²) in [6.07, 6.45) is 6.55. The second kappa shape index (κ2) is 8.80. The van der Waals surface area contributed by atoms with Gasteiger partial charge < -0.3 is 10.1 Å². The lowest BCUT2D eigenvalue weighted by atomic mass is 9.86. The Hall–Kier alpha value is -2.69. The first-order valence-corrected chi connectivity index (χ1v) is 9.58. The average molecular weight is 366 g/mol. The van der Waals surface area contributed by atoms with Gasteiger partial charge in [-0.1, -0.05) is 44.0 Å². The molecule has 0 spiro atoms. The highest BCUT2D eigenvalue weighted by atomic mass is 16.5. The largest absolute Gasteiger partial charge is 0.449 e. The van der Waals surface area contributed by atoms with E-state index in [1.165, 1.54) is 12.5 Å². The molecule has 1 aromatic heterocycles. The first kappa shape index (κ1) is 19.1. The summed E-state index contributed by atoms with van der Waals surface area (Å²) >= 11 is 0. The third-order valence-corrected chi connectivity index (χ3v) is 5.11. The quantitative estimate of drug-likeness (QED) is 0.644. The van der Waals surface area contributed by atoms with Crippen molar-refractivity contribution in [1.82, 2.24) is 10.3 Å². The maximum Gasteiger partial charge on any atom is 0.331 e. The molecule has 3 rings (SSSR count). The molecule has 0 radical (unpaired) electrons. The van der Waals surface area contributed by atoms with Gasteiger partial charge in [0, 0.05) is 17.5 Å². The van der Waals surface area contributed by atoms with Crippen molar-refractivity contribution in [3.8, 4) is 0 Å². The number of rotatable bonds is 5. The average Bonchev–Trinajstić information content (AvgIpc) is 2.68. The van der Waals surface area contributed by atoms with Crippen molar-refractivity contribution in [3.05, 3.63) is 48.2 Å². The number of hydrogen-bond donors (Lipinski definition) is 1. The summed E-state index contributed by atoms with van der Waals surface area (Å²) in [5, 5.41) is 4.06. The molecule has 5 nitrogen and oxygen atoms in total. The van der Waals surface area contributed by atoms with Gasteiger partial charge in [-0.25, -0.2) is 9.78 Å². The molecule has 1 aliphatic rings. The normalized spacial score (nSPS) is 21.1. The lowest BCUT2D eigenvalue weighted by molar-refractivity contribution is -0.150. The SMILES string of the molecule is C[C@H](OC(=O)/C=C/c1ccc2ccccc2n1)C(=O)N[C@H]1CCCC[C@H]1C. The third-order valence-electron chi connectivity index (χ3n) is 5.11. The molecule has 0 bridgehead atoms. The number of para-hydroxylation sites is 1. The van der Waals surface area contributed by atoms with Gasteiger partial charge in [0.2, 0.25) is 0 Å². The number of nitrogens with zero attached hydrogens (tertiary/aromatic N) is 1. The fourth-order valence-electron chi connectivity index (χ4n) is 3.43. The Morgan fingerprint density at radius 3 is 2.78 bits per heavy atom. The third kappa shape index (κ3) is 5.16. The zero-order chi connectivity index (χ0) is 19.2. The maximum absolute atomic E-state index is 12.3. The Balaban J connectivity index is 1.54. The molecule has 1 fully saturated rings. The molecular weight excluding hydrogens is 340 g/mol. The van der Waals surface area contributed by atoms with E-state index in [0.29, 0.717) is 11.6 Å². The van der Waals surface area contributed by atoms with Gasteiger partial charge in [0.25, 0.3) is 5.91 Å². The summed E-state index contributed by atoms with van der Waals surface area (Å²) in [7, 11) is 0. The number of ether oxygens (including phenoxy) is 1. The van der Waals surface area contributed by atoms with E-state index in [1.807, 2.05) is 36.4 Å². The van der Waals surface area contributed by atoms with E-state index in [4.69, 9.17) is 4.74 Å². The molecule has 1 N–H and O–H groups in total. The lowest BCUT2D eigenvalue weighted by Crippen LogP contribution is -2.45. The molecule has 0 saturated heterocycles. The standard InChI is InChI=1S/C22H26N2O3/c1-15-7-3-5-9-19(15)24-22(26)16(2)27-21(25)14-13-18-12-11-17-8-4-6-10-20(17)23-18/h4,6,8,10-16,19H,3,5,7,9H2,1-2H3,(H,24,26)/b14-13+/t15-,16+,19+/m1/s1. The van der Waals surface area contributed by atoms with Crippen molar-refractivity contribution in [3.63, 3.8) is 0 Å². The van der Waals surface area contributed by atoms with E-state index in [1.54, 1.807) is 13.0 Å². The van der Waals surface area contributed by atoms with Crippen LogP contribution in [-0.4, -0.2) is 29.0 Å². The van der Waals surface area contributed by atoms with Gasteiger partial charge in [0.1, 0.15) is 0 Å². The van der Waals surface area contributed by atoms with Crippen LogP contribution in [0.5, 0.6) is 0 Å². The smallest absolute Gasteiger partial charge is 0.331 e. The molecule has 1 aliphatic carbocycles. The predicted molar refractivity (Wildman–Crippen MR) is 106 cm³/mol. The van der Waals surface area contributed by atoms with E-state index < -0.39 is 12.1 Å². The summed E-state index contributed by atoms with van der Waals surface area (Å²) < 4.78 is 5.23. The summed E-state index contributed by atoms with van der Waals surface area (Å²) in [4.78, 5) is 28.8. The van der Waals surface area contributed by atoms with E-state index in [2.05, 4.69) is 17.2 Å².